The average Bonchev–Trinajstić information content (AvgIpc) is 2.97. The highest BCUT2D eigenvalue weighted by molar-refractivity contribution is 5.83. The monoisotopic (exact) mass is 353 g/mol. The van der Waals surface area contributed by atoms with E-state index in [4.69, 9.17) is 0 Å². The molecule has 0 aromatic heterocycles. The molecule has 3 fully saturated rings. The summed E-state index contributed by atoms with van der Waals surface area (Å²) in [5.74, 6) is 2.05. The summed E-state index contributed by atoms with van der Waals surface area (Å²) in [4.78, 5) is 15.4. The van der Waals surface area contributed by atoms with Crippen molar-refractivity contribution in [3.63, 3.8) is 0 Å². The third-order valence-corrected chi connectivity index (χ3v) is 8.03. The van der Waals surface area contributed by atoms with Gasteiger partial charge in [0.05, 0.1) is 5.60 Å². The van der Waals surface area contributed by atoms with Crippen molar-refractivity contribution in [1.29, 1.82) is 0 Å². The Balaban J connectivity index is 1.37. The molecule has 2 unspecified atom stereocenters. The maximum Gasteiger partial charge on any atom is 0.226 e. The third-order valence-electron chi connectivity index (χ3n) is 8.03. The lowest BCUT2D eigenvalue weighted by Crippen LogP contribution is -2.49. The van der Waals surface area contributed by atoms with E-state index in [-0.39, 0.29) is 12.0 Å². The lowest BCUT2D eigenvalue weighted by molar-refractivity contribution is -0.136. The van der Waals surface area contributed by atoms with E-state index >= 15 is 0 Å². The van der Waals surface area contributed by atoms with Gasteiger partial charge < -0.3 is 10.0 Å². The fourth-order valence-electron chi connectivity index (χ4n) is 6.72. The Labute approximate surface area is 156 Å². The van der Waals surface area contributed by atoms with Gasteiger partial charge in [0.2, 0.25) is 5.91 Å². The van der Waals surface area contributed by atoms with Gasteiger partial charge in [0.25, 0.3) is 0 Å². The number of rotatable bonds is 2. The normalized spacial score (nSPS) is 40.1. The standard InChI is InChI=1S/C23H31NO2/c1-15(18-11-16-5-4-10-23(26,12-16)13-18)24-14-21-19-7-3-2-6-17(19)8-9-20(21)22(24)25/h2-3,6-7,15-16,18,20-21,26H,4-5,8-14H2,1H3/t15-,16?,18?,20-,21+,23+/m1/s1. The zero-order chi connectivity index (χ0) is 17.9. The molecule has 0 spiro atoms. The number of fused-ring (bicyclic) bond motifs is 5. The largest absolute Gasteiger partial charge is 0.390 e. The van der Waals surface area contributed by atoms with Crippen LogP contribution in [0.5, 0.6) is 0 Å². The van der Waals surface area contributed by atoms with Crippen molar-refractivity contribution >= 4 is 5.91 Å². The molecule has 3 heteroatoms. The number of benzene rings is 1. The summed E-state index contributed by atoms with van der Waals surface area (Å²) in [6, 6.07) is 8.97. The quantitative estimate of drug-likeness (QED) is 0.876. The van der Waals surface area contributed by atoms with Gasteiger partial charge in [-0.15, -0.1) is 0 Å². The molecule has 3 aliphatic carbocycles. The van der Waals surface area contributed by atoms with Gasteiger partial charge in [-0.25, -0.2) is 0 Å². The van der Waals surface area contributed by atoms with E-state index in [2.05, 4.69) is 36.1 Å². The number of hydrogen-bond acceptors (Lipinski definition) is 2. The molecule has 3 nitrogen and oxygen atoms in total. The molecule has 1 amide bonds. The lowest BCUT2D eigenvalue weighted by atomic mass is 9.64. The van der Waals surface area contributed by atoms with Crippen molar-refractivity contribution in [2.75, 3.05) is 6.54 Å². The number of nitrogens with zero attached hydrogens (tertiary/aromatic N) is 1. The Kier molecular flexibility index (Phi) is 3.93. The van der Waals surface area contributed by atoms with E-state index in [0.29, 0.717) is 23.7 Å². The number of carbonyl (C=O) groups is 1. The van der Waals surface area contributed by atoms with Crippen molar-refractivity contribution in [3.05, 3.63) is 35.4 Å². The first-order valence-corrected chi connectivity index (χ1v) is 10.6. The molecule has 1 N–H and O–H groups in total. The van der Waals surface area contributed by atoms with Crippen LogP contribution in [0.3, 0.4) is 0 Å². The van der Waals surface area contributed by atoms with Crippen molar-refractivity contribution in [2.24, 2.45) is 17.8 Å². The van der Waals surface area contributed by atoms with Gasteiger partial charge in [-0.2, -0.15) is 0 Å². The summed E-state index contributed by atoms with van der Waals surface area (Å²) in [6.07, 6.45) is 8.50. The SMILES string of the molecule is C[C@H](C1CC2CCC[C@](O)(C2)C1)N1C[C@H]2c3ccccc3CC[C@H]2C1=O. The molecule has 1 aromatic carbocycles. The van der Waals surface area contributed by atoms with Crippen LogP contribution in [0.2, 0.25) is 0 Å². The summed E-state index contributed by atoms with van der Waals surface area (Å²) in [6.45, 7) is 3.12. The van der Waals surface area contributed by atoms with Gasteiger partial charge in [-0.1, -0.05) is 37.1 Å². The molecule has 5 rings (SSSR count). The third kappa shape index (κ3) is 2.62. The van der Waals surface area contributed by atoms with E-state index in [0.717, 1.165) is 38.6 Å². The van der Waals surface area contributed by atoms with Crippen LogP contribution in [0, 0.1) is 17.8 Å². The van der Waals surface area contributed by atoms with Crippen LogP contribution in [0.15, 0.2) is 24.3 Å². The summed E-state index contributed by atoms with van der Waals surface area (Å²) in [5.41, 5.74) is 2.39. The van der Waals surface area contributed by atoms with Crippen LogP contribution in [0.1, 0.15) is 68.9 Å². The van der Waals surface area contributed by atoms with E-state index in [1.165, 1.54) is 30.4 Å². The number of likely N-dealkylation sites (tertiary alicyclic amines) is 1. The Hall–Kier alpha value is -1.35. The summed E-state index contributed by atoms with van der Waals surface area (Å²) in [7, 11) is 0. The van der Waals surface area contributed by atoms with Crippen molar-refractivity contribution < 1.29 is 9.90 Å². The maximum absolute atomic E-state index is 13.2. The average molecular weight is 354 g/mol. The van der Waals surface area contributed by atoms with Crippen molar-refractivity contribution in [1.82, 2.24) is 4.90 Å². The van der Waals surface area contributed by atoms with E-state index in [1.54, 1.807) is 0 Å². The Morgan fingerprint density at radius 1 is 1.19 bits per heavy atom. The van der Waals surface area contributed by atoms with E-state index in [1.807, 2.05) is 0 Å². The number of aliphatic hydroxyl groups is 1. The maximum atomic E-state index is 13.2. The fourth-order valence-corrected chi connectivity index (χ4v) is 6.72. The molecule has 4 aliphatic rings. The molecule has 0 radical (unpaired) electrons. The molecular formula is C23H31NO2. The lowest BCUT2D eigenvalue weighted by Gasteiger charge is -2.48. The number of hydrogen-bond donors (Lipinski definition) is 1. The van der Waals surface area contributed by atoms with Crippen molar-refractivity contribution in [3.8, 4) is 0 Å². The summed E-state index contributed by atoms with van der Waals surface area (Å²) in [5, 5.41) is 11.0. The molecule has 1 saturated heterocycles. The Bertz CT molecular complexity index is 716. The van der Waals surface area contributed by atoms with Gasteiger partial charge in [0.1, 0.15) is 0 Å². The molecule has 2 bridgehead atoms. The number of carbonyl (C=O) groups excluding carboxylic acids is 1. The first kappa shape index (κ1) is 16.8. The molecule has 2 saturated carbocycles. The van der Waals surface area contributed by atoms with Gasteiger partial charge in [0.15, 0.2) is 0 Å². The minimum absolute atomic E-state index is 0.179. The second-order valence-corrected chi connectivity index (χ2v) is 9.57. The predicted octanol–water partition coefficient (Wildman–Crippen LogP) is 3.89. The van der Waals surface area contributed by atoms with Crippen LogP contribution >= 0.6 is 0 Å². The minimum atomic E-state index is -0.456. The van der Waals surface area contributed by atoms with Crippen LogP contribution in [-0.4, -0.2) is 34.1 Å². The molecular weight excluding hydrogens is 322 g/mol. The predicted molar refractivity (Wildman–Crippen MR) is 102 cm³/mol. The van der Waals surface area contributed by atoms with E-state index in [9.17, 15) is 9.90 Å². The summed E-state index contributed by atoms with van der Waals surface area (Å²) < 4.78 is 0. The van der Waals surface area contributed by atoms with Crippen LogP contribution in [0.4, 0.5) is 0 Å². The number of amides is 1. The molecule has 1 aromatic rings. The van der Waals surface area contributed by atoms with Crippen molar-refractivity contribution in [2.45, 2.75) is 75.9 Å². The summed E-state index contributed by atoms with van der Waals surface area (Å²) >= 11 is 0. The Morgan fingerprint density at radius 2 is 2.04 bits per heavy atom. The number of aryl methyl sites for hydroxylation is 1. The second kappa shape index (κ2) is 6.09. The van der Waals surface area contributed by atoms with Crippen LogP contribution in [0.25, 0.3) is 0 Å². The molecule has 1 heterocycles. The highest BCUT2D eigenvalue weighted by Crippen LogP contribution is 2.49. The molecule has 140 valence electrons. The topological polar surface area (TPSA) is 40.5 Å². The van der Waals surface area contributed by atoms with E-state index < -0.39 is 5.60 Å². The highest BCUT2D eigenvalue weighted by atomic mass is 16.3. The zero-order valence-electron chi connectivity index (χ0n) is 15.9. The molecule has 1 aliphatic heterocycles. The smallest absolute Gasteiger partial charge is 0.226 e. The van der Waals surface area contributed by atoms with Crippen LogP contribution in [-0.2, 0) is 11.2 Å². The fraction of sp³-hybridized carbons (Fsp3) is 0.696. The molecule has 26 heavy (non-hydrogen) atoms. The Morgan fingerprint density at radius 3 is 2.88 bits per heavy atom. The van der Waals surface area contributed by atoms with Gasteiger partial charge >= 0.3 is 0 Å². The van der Waals surface area contributed by atoms with Crippen LogP contribution < -0.4 is 0 Å². The van der Waals surface area contributed by atoms with Gasteiger partial charge in [0, 0.05) is 24.4 Å². The minimum Gasteiger partial charge on any atom is -0.390 e. The first-order chi connectivity index (χ1) is 12.5. The second-order valence-electron chi connectivity index (χ2n) is 9.57. The zero-order valence-corrected chi connectivity index (χ0v) is 15.9. The first-order valence-electron chi connectivity index (χ1n) is 10.6. The van der Waals surface area contributed by atoms with Gasteiger partial charge in [-0.3, -0.25) is 4.79 Å². The molecule has 6 atom stereocenters. The highest BCUT2D eigenvalue weighted by Gasteiger charge is 2.49. The van der Waals surface area contributed by atoms with Gasteiger partial charge in [-0.05, 0) is 68.4 Å².